The van der Waals surface area contributed by atoms with Crippen molar-refractivity contribution >= 4 is 5.97 Å². The van der Waals surface area contributed by atoms with Crippen LogP contribution in [0.4, 0.5) is 0 Å². The van der Waals surface area contributed by atoms with Crippen LogP contribution in [-0.2, 0) is 9.53 Å². The molecule has 2 atom stereocenters. The van der Waals surface area contributed by atoms with Crippen LogP contribution in [0.25, 0.3) is 0 Å². The van der Waals surface area contributed by atoms with Crippen molar-refractivity contribution in [3.63, 3.8) is 0 Å². The second kappa shape index (κ2) is 8.74. The van der Waals surface area contributed by atoms with Gasteiger partial charge in [0.15, 0.2) is 0 Å². The van der Waals surface area contributed by atoms with Crippen molar-refractivity contribution in [1.82, 2.24) is 10.2 Å². The lowest BCUT2D eigenvalue weighted by Crippen LogP contribution is -2.54. The van der Waals surface area contributed by atoms with Crippen molar-refractivity contribution in [2.75, 3.05) is 26.7 Å². The van der Waals surface area contributed by atoms with Gasteiger partial charge in [0, 0.05) is 12.6 Å². The molecule has 21 heavy (non-hydrogen) atoms. The van der Waals surface area contributed by atoms with E-state index in [4.69, 9.17) is 4.74 Å². The first-order valence-electron chi connectivity index (χ1n) is 8.54. The van der Waals surface area contributed by atoms with Crippen molar-refractivity contribution in [3.05, 3.63) is 0 Å². The summed E-state index contributed by atoms with van der Waals surface area (Å²) in [6.07, 6.45) is 5.92. The molecule has 0 spiro atoms. The average Bonchev–Trinajstić information content (AvgIpc) is 2.43. The monoisotopic (exact) mass is 298 g/mol. The van der Waals surface area contributed by atoms with Crippen molar-refractivity contribution in [2.45, 2.75) is 71.4 Å². The van der Waals surface area contributed by atoms with Gasteiger partial charge in [-0.15, -0.1) is 0 Å². The quantitative estimate of drug-likeness (QED) is 0.630. The number of hydrogen-bond donors (Lipinski definition) is 1. The van der Waals surface area contributed by atoms with E-state index >= 15 is 0 Å². The van der Waals surface area contributed by atoms with Gasteiger partial charge in [0.05, 0.1) is 7.11 Å². The first-order valence-corrected chi connectivity index (χ1v) is 8.54. The van der Waals surface area contributed by atoms with E-state index in [2.05, 4.69) is 31.0 Å². The van der Waals surface area contributed by atoms with Gasteiger partial charge in [-0.3, -0.25) is 4.79 Å². The number of nitrogens with one attached hydrogen (secondary N) is 1. The predicted molar refractivity (Wildman–Crippen MR) is 87.4 cm³/mol. The molecule has 0 aliphatic heterocycles. The summed E-state index contributed by atoms with van der Waals surface area (Å²) < 4.78 is 5.02. The van der Waals surface area contributed by atoms with Crippen molar-refractivity contribution in [2.24, 2.45) is 5.92 Å². The zero-order chi connectivity index (χ0) is 15.9. The highest BCUT2D eigenvalue weighted by atomic mass is 16.5. The maximum Gasteiger partial charge on any atom is 0.325 e. The fraction of sp³-hybridized carbons (Fsp3) is 0.941. The number of carbonyl (C=O) groups is 1. The van der Waals surface area contributed by atoms with Crippen LogP contribution in [0.15, 0.2) is 0 Å². The van der Waals surface area contributed by atoms with Crippen LogP contribution in [0.1, 0.15) is 59.8 Å². The van der Waals surface area contributed by atoms with Crippen LogP contribution in [0.2, 0.25) is 0 Å². The molecule has 0 radical (unpaired) electrons. The van der Waals surface area contributed by atoms with Gasteiger partial charge in [-0.2, -0.15) is 0 Å². The molecular formula is C17H34N2O2. The Bertz CT molecular complexity index is 318. The highest BCUT2D eigenvalue weighted by Gasteiger charge is 2.36. The first-order chi connectivity index (χ1) is 9.96. The van der Waals surface area contributed by atoms with Crippen LogP contribution in [-0.4, -0.2) is 49.2 Å². The van der Waals surface area contributed by atoms with Gasteiger partial charge in [0.2, 0.25) is 0 Å². The van der Waals surface area contributed by atoms with Gasteiger partial charge in [-0.1, -0.05) is 20.3 Å². The van der Waals surface area contributed by atoms with Crippen LogP contribution < -0.4 is 5.32 Å². The van der Waals surface area contributed by atoms with E-state index in [-0.39, 0.29) is 5.97 Å². The highest BCUT2D eigenvalue weighted by Crippen LogP contribution is 2.28. The zero-order valence-electron chi connectivity index (χ0n) is 14.6. The lowest BCUT2D eigenvalue weighted by atomic mass is 9.84. The summed E-state index contributed by atoms with van der Waals surface area (Å²) in [5, 5.41) is 3.39. The molecular weight excluding hydrogens is 264 g/mol. The summed E-state index contributed by atoms with van der Waals surface area (Å²) >= 11 is 0. The molecule has 1 aliphatic carbocycles. The van der Waals surface area contributed by atoms with Crippen molar-refractivity contribution in [3.8, 4) is 0 Å². The van der Waals surface area contributed by atoms with Crippen LogP contribution in [0.5, 0.6) is 0 Å². The second-order valence-corrected chi connectivity index (χ2v) is 6.69. The third-order valence-corrected chi connectivity index (χ3v) is 4.85. The minimum absolute atomic E-state index is 0.150. The maximum atomic E-state index is 12.2. The smallest absolute Gasteiger partial charge is 0.325 e. The normalized spacial score (nSPS) is 19.9. The molecule has 0 amide bonds. The van der Waals surface area contributed by atoms with E-state index in [1.54, 1.807) is 0 Å². The Labute approximate surface area is 130 Å². The standard InChI is InChI=1S/C17H34N2O2/c1-6-11-18-17(4,16(20)21-5)12-14(3)19(7-2)13-15-9-8-10-15/h14-15,18H,6-13H2,1-5H3. The molecule has 4 nitrogen and oxygen atoms in total. The second-order valence-electron chi connectivity index (χ2n) is 6.69. The Morgan fingerprint density at radius 2 is 2.10 bits per heavy atom. The molecule has 1 rings (SSSR count). The molecule has 1 saturated carbocycles. The van der Waals surface area contributed by atoms with E-state index in [1.165, 1.54) is 32.9 Å². The van der Waals surface area contributed by atoms with E-state index in [0.717, 1.165) is 31.8 Å². The zero-order valence-corrected chi connectivity index (χ0v) is 14.6. The maximum absolute atomic E-state index is 12.2. The number of nitrogens with zero attached hydrogens (tertiary/aromatic N) is 1. The fourth-order valence-corrected chi connectivity index (χ4v) is 3.20. The highest BCUT2D eigenvalue weighted by molar-refractivity contribution is 5.80. The summed E-state index contributed by atoms with van der Waals surface area (Å²) in [6, 6.07) is 0.379. The Hall–Kier alpha value is -0.610. The number of ether oxygens (including phenoxy) is 1. The van der Waals surface area contributed by atoms with Crippen molar-refractivity contribution < 1.29 is 9.53 Å². The third-order valence-electron chi connectivity index (χ3n) is 4.85. The molecule has 1 aliphatic rings. The minimum atomic E-state index is -0.586. The molecule has 0 aromatic carbocycles. The molecule has 0 aromatic rings. The summed E-state index contributed by atoms with van der Waals surface area (Å²) in [7, 11) is 1.48. The van der Waals surface area contributed by atoms with Crippen LogP contribution >= 0.6 is 0 Å². The summed E-state index contributed by atoms with van der Waals surface area (Å²) in [5.74, 6) is 0.711. The number of rotatable bonds is 10. The van der Waals surface area contributed by atoms with E-state index in [0.29, 0.717) is 6.04 Å². The van der Waals surface area contributed by atoms with E-state index < -0.39 is 5.54 Å². The molecule has 0 saturated heterocycles. The molecule has 124 valence electrons. The van der Waals surface area contributed by atoms with Crippen molar-refractivity contribution in [1.29, 1.82) is 0 Å². The van der Waals surface area contributed by atoms with Gasteiger partial charge in [-0.05, 0) is 58.5 Å². The number of hydrogen-bond acceptors (Lipinski definition) is 4. The Morgan fingerprint density at radius 1 is 1.43 bits per heavy atom. The van der Waals surface area contributed by atoms with Crippen LogP contribution in [0.3, 0.4) is 0 Å². The van der Waals surface area contributed by atoms with E-state index in [1.807, 2.05) is 6.92 Å². The SMILES string of the molecule is CCCNC(C)(CC(C)N(CC)CC1CCC1)C(=O)OC. The van der Waals surface area contributed by atoms with Gasteiger partial charge in [0.1, 0.15) is 5.54 Å². The Morgan fingerprint density at radius 3 is 2.52 bits per heavy atom. The topological polar surface area (TPSA) is 41.6 Å². The van der Waals surface area contributed by atoms with Gasteiger partial charge in [-0.25, -0.2) is 0 Å². The molecule has 0 bridgehead atoms. The number of carbonyl (C=O) groups excluding carboxylic acids is 1. The van der Waals surface area contributed by atoms with Crippen LogP contribution in [0, 0.1) is 5.92 Å². The Kier molecular flexibility index (Phi) is 7.67. The molecule has 1 N–H and O–H groups in total. The largest absolute Gasteiger partial charge is 0.468 e. The number of methoxy groups -OCH3 is 1. The van der Waals surface area contributed by atoms with Gasteiger partial charge in [0.25, 0.3) is 0 Å². The number of esters is 1. The fourth-order valence-electron chi connectivity index (χ4n) is 3.20. The van der Waals surface area contributed by atoms with Gasteiger partial charge < -0.3 is 15.0 Å². The lowest BCUT2D eigenvalue weighted by molar-refractivity contribution is -0.148. The lowest BCUT2D eigenvalue weighted by Gasteiger charge is -2.39. The minimum Gasteiger partial charge on any atom is -0.468 e. The average molecular weight is 298 g/mol. The predicted octanol–water partition coefficient (Wildman–Crippen LogP) is 2.82. The summed E-state index contributed by atoms with van der Waals surface area (Å²) in [4.78, 5) is 14.7. The molecule has 0 heterocycles. The Balaban J connectivity index is 2.63. The molecule has 0 aromatic heterocycles. The van der Waals surface area contributed by atoms with Gasteiger partial charge >= 0.3 is 5.97 Å². The molecule has 2 unspecified atom stereocenters. The third kappa shape index (κ3) is 5.26. The summed E-state index contributed by atoms with van der Waals surface area (Å²) in [5.41, 5.74) is -0.586. The summed E-state index contributed by atoms with van der Waals surface area (Å²) in [6.45, 7) is 11.6. The molecule has 4 heteroatoms. The first kappa shape index (κ1) is 18.4. The molecule has 1 fully saturated rings. The van der Waals surface area contributed by atoms with E-state index in [9.17, 15) is 4.79 Å².